The molecule has 0 aliphatic carbocycles. The maximum Gasteiger partial charge on any atom is 0.230 e. The van der Waals surface area contributed by atoms with Gasteiger partial charge in [0, 0.05) is 26.9 Å². The number of benzene rings is 3. The second kappa shape index (κ2) is 8.02. The van der Waals surface area contributed by atoms with Gasteiger partial charge >= 0.3 is 0 Å². The first kappa shape index (κ1) is 20.1. The van der Waals surface area contributed by atoms with Gasteiger partial charge in [0.1, 0.15) is 11.2 Å². The number of rotatable bonds is 5. The lowest BCUT2D eigenvalue weighted by Crippen LogP contribution is -2.16. The molecule has 0 fully saturated rings. The van der Waals surface area contributed by atoms with Gasteiger partial charge in [0.2, 0.25) is 11.7 Å². The molecule has 6 heteroatoms. The number of fused-ring (bicyclic) bond motifs is 2. The van der Waals surface area contributed by atoms with Gasteiger partial charge in [-0.15, -0.1) is 0 Å². The Hall–Kier alpha value is -3.83. The van der Waals surface area contributed by atoms with Crippen LogP contribution in [0.3, 0.4) is 0 Å². The number of furan rings is 2. The standard InChI is InChI=1S/C26H18ClNO4/c1-15-6-8-16(9-7-15)25(30)26-24(19-4-2-3-5-22(19)32-26)28-23(29)12-17-14-31-21-11-10-18(27)13-20(17)21/h2-11,13-14H,12H2,1H3,(H,28,29). The van der Waals surface area contributed by atoms with Gasteiger partial charge in [-0.2, -0.15) is 0 Å². The molecular weight excluding hydrogens is 426 g/mol. The van der Waals surface area contributed by atoms with Crippen LogP contribution in [0.4, 0.5) is 5.69 Å². The Balaban J connectivity index is 1.49. The van der Waals surface area contributed by atoms with Crippen molar-refractivity contribution in [1.29, 1.82) is 0 Å². The van der Waals surface area contributed by atoms with E-state index in [-0.39, 0.29) is 23.9 Å². The zero-order valence-electron chi connectivity index (χ0n) is 17.1. The molecule has 0 saturated carbocycles. The summed E-state index contributed by atoms with van der Waals surface area (Å²) in [5.74, 6) is -0.488. The van der Waals surface area contributed by atoms with Crippen molar-refractivity contribution in [2.75, 3.05) is 5.32 Å². The predicted molar refractivity (Wildman–Crippen MR) is 124 cm³/mol. The van der Waals surface area contributed by atoms with Gasteiger partial charge < -0.3 is 14.2 Å². The Morgan fingerprint density at radius 3 is 2.53 bits per heavy atom. The fourth-order valence-electron chi connectivity index (χ4n) is 3.71. The number of aryl methyl sites for hydroxylation is 1. The lowest BCUT2D eigenvalue weighted by Gasteiger charge is -2.06. The summed E-state index contributed by atoms with van der Waals surface area (Å²) in [5, 5.41) is 4.89. The molecule has 1 amide bonds. The summed E-state index contributed by atoms with van der Waals surface area (Å²) in [7, 11) is 0. The third-order valence-corrected chi connectivity index (χ3v) is 5.58. The van der Waals surface area contributed by atoms with Crippen LogP contribution >= 0.6 is 11.6 Å². The molecule has 0 aliphatic heterocycles. The molecule has 1 N–H and O–H groups in total. The summed E-state index contributed by atoms with van der Waals surface area (Å²) in [4.78, 5) is 26.2. The molecule has 5 aromatic rings. The first-order valence-electron chi connectivity index (χ1n) is 10.1. The molecule has 0 atom stereocenters. The van der Waals surface area contributed by atoms with Crippen LogP contribution < -0.4 is 5.32 Å². The minimum Gasteiger partial charge on any atom is -0.464 e. The fraction of sp³-hybridized carbons (Fsp3) is 0.0769. The van der Waals surface area contributed by atoms with Crippen LogP contribution in [0.1, 0.15) is 27.2 Å². The number of nitrogens with one attached hydrogen (secondary N) is 1. The Kier molecular flexibility index (Phi) is 5.04. The van der Waals surface area contributed by atoms with Crippen molar-refractivity contribution >= 4 is 50.9 Å². The van der Waals surface area contributed by atoms with E-state index < -0.39 is 0 Å². The molecule has 32 heavy (non-hydrogen) atoms. The van der Waals surface area contributed by atoms with E-state index in [0.29, 0.717) is 38.4 Å². The van der Waals surface area contributed by atoms with Crippen molar-refractivity contribution < 1.29 is 18.4 Å². The van der Waals surface area contributed by atoms with Crippen LogP contribution in [-0.4, -0.2) is 11.7 Å². The van der Waals surface area contributed by atoms with Gasteiger partial charge in [-0.3, -0.25) is 9.59 Å². The van der Waals surface area contributed by atoms with Gasteiger partial charge in [0.05, 0.1) is 18.4 Å². The van der Waals surface area contributed by atoms with Crippen molar-refractivity contribution in [2.45, 2.75) is 13.3 Å². The molecule has 158 valence electrons. The second-order valence-corrected chi connectivity index (χ2v) is 8.06. The van der Waals surface area contributed by atoms with Crippen molar-refractivity contribution in [1.82, 2.24) is 0 Å². The zero-order valence-corrected chi connectivity index (χ0v) is 17.9. The molecule has 0 bridgehead atoms. The van der Waals surface area contributed by atoms with E-state index in [2.05, 4.69) is 5.32 Å². The third kappa shape index (κ3) is 3.67. The van der Waals surface area contributed by atoms with E-state index in [9.17, 15) is 9.59 Å². The molecular formula is C26H18ClNO4. The minimum atomic E-state index is -0.294. The van der Waals surface area contributed by atoms with E-state index in [1.807, 2.05) is 37.3 Å². The van der Waals surface area contributed by atoms with Crippen molar-refractivity contribution in [2.24, 2.45) is 0 Å². The zero-order chi connectivity index (χ0) is 22.2. The molecule has 3 aromatic carbocycles. The average Bonchev–Trinajstić information content (AvgIpc) is 3.35. The molecule has 0 saturated heterocycles. The Bertz CT molecular complexity index is 1480. The number of halogens is 1. The highest BCUT2D eigenvalue weighted by Gasteiger charge is 2.24. The Morgan fingerprint density at radius 1 is 0.938 bits per heavy atom. The van der Waals surface area contributed by atoms with Crippen molar-refractivity contribution in [3.63, 3.8) is 0 Å². The quantitative estimate of drug-likeness (QED) is 0.312. The van der Waals surface area contributed by atoms with E-state index in [0.717, 1.165) is 10.9 Å². The fourth-order valence-corrected chi connectivity index (χ4v) is 3.89. The largest absolute Gasteiger partial charge is 0.464 e. The summed E-state index contributed by atoms with van der Waals surface area (Å²) in [6.45, 7) is 1.95. The highest BCUT2D eigenvalue weighted by Crippen LogP contribution is 2.33. The van der Waals surface area contributed by atoms with Crippen LogP contribution in [0.15, 0.2) is 81.8 Å². The molecule has 0 unspecified atom stereocenters. The average molecular weight is 444 g/mol. The van der Waals surface area contributed by atoms with Gasteiger partial charge in [-0.05, 0) is 37.3 Å². The molecule has 5 nitrogen and oxygen atoms in total. The molecule has 0 radical (unpaired) electrons. The molecule has 0 aliphatic rings. The summed E-state index contributed by atoms with van der Waals surface area (Å²) >= 11 is 6.10. The van der Waals surface area contributed by atoms with Crippen LogP contribution in [0, 0.1) is 6.92 Å². The number of hydrogen-bond donors (Lipinski definition) is 1. The van der Waals surface area contributed by atoms with Crippen molar-refractivity contribution in [3.8, 4) is 0 Å². The van der Waals surface area contributed by atoms with Crippen LogP contribution in [-0.2, 0) is 11.2 Å². The Morgan fingerprint density at radius 2 is 1.72 bits per heavy atom. The van der Waals surface area contributed by atoms with Crippen LogP contribution in [0.5, 0.6) is 0 Å². The SMILES string of the molecule is Cc1ccc(C(=O)c2oc3ccccc3c2NC(=O)Cc2coc3ccc(Cl)cc23)cc1. The number of amides is 1. The first-order valence-corrected chi connectivity index (χ1v) is 10.5. The number of anilines is 1. The smallest absolute Gasteiger partial charge is 0.230 e. The van der Waals surface area contributed by atoms with Gasteiger partial charge in [-0.25, -0.2) is 0 Å². The maximum absolute atomic E-state index is 13.2. The lowest BCUT2D eigenvalue weighted by atomic mass is 10.1. The van der Waals surface area contributed by atoms with E-state index in [4.69, 9.17) is 20.4 Å². The molecule has 0 spiro atoms. The Labute approximate surface area is 188 Å². The predicted octanol–water partition coefficient (Wildman–Crippen LogP) is 6.55. The highest BCUT2D eigenvalue weighted by atomic mass is 35.5. The maximum atomic E-state index is 13.2. The lowest BCUT2D eigenvalue weighted by molar-refractivity contribution is -0.115. The third-order valence-electron chi connectivity index (χ3n) is 5.35. The molecule has 2 heterocycles. The van der Waals surface area contributed by atoms with Crippen molar-refractivity contribution in [3.05, 3.63) is 100 Å². The summed E-state index contributed by atoms with van der Waals surface area (Å²) in [6, 6.07) is 19.7. The number of carbonyl (C=O) groups excluding carboxylic acids is 2. The molecule has 5 rings (SSSR count). The van der Waals surface area contributed by atoms with Gasteiger partial charge in [-0.1, -0.05) is 53.6 Å². The minimum absolute atomic E-state index is 0.0605. The van der Waals surface area contributed by atoms with Gasteiger partial charge in [0.15, 0.2) is 5.76 Å². The number of para-hydroxylation sites is 1. The number of hydrogen-bond acceptors (Lipinski definition) is 4. The van der Waals surface area contributed by atoms with E-state index in [1.54, 1.807) is 42.7 Å². The van der Waals surface area contributed by atoms with E-state index in [1.165, 1.54) is 0 Å². The number of ketones is 1. The topological polar surface area (TPSA) is 72.5 Å². The summed E-state index contributed by atoms with van der Waals surface area (Å²) in [6.07, 6.45) is 1.61. The second-order valence-electron chi connectivity index (χ2n) is 7.62. The number of carbonyl (C=O) groups is 2. The molecule has 2 aromatic heterocycles. The van der Waals surface area contributed by atoms with Crippen LogP contribution in [0.25, 0.3) is 21.9 Å². The van der Waals surface area contributed by atoms with Gasteiger partial charge in [0.25, 0.3) is 0 Å². The normalized spacial score (nSPS) is 11.2. The van der Waals surface area contributed by atoms with E-state index >= 15 is 0 Å². The highest BCUT2D eigenvalue weighted by molar-refractivity contribution is 6.31. The van der Waals surface area contributed by atoms with Crippen LogP contribution in [0.2, 0.25) is 5.02 Å². The first-order chi connectivity index (χ1) is 15.5. The summed E-state index contributed by atoms with van der Waals surface area (Å²) < 4.78 is 11.4. The summed E-state index contributed by atoms with van der Waals surface area (Å²) in [5.41, 5.74) is 3.79. The monoisotopic (exact) mass is 443 g/mol.